The summed E-state index contributed by atoms with van der Waals surface area (Å²) in [5.41, 5.74) is 10.7. The van der Waals surface area contributed by atoms with Gasteiger partial charge in [-0.15, -0.1) is 0 Å². The van der Waals surface area contributed by atoms with Gasteiger partial charge in [-0.1, -0.05) is 0 Å². The lowest BCUT2D eigenvalue weighted by Gasteiger charge is -2.21. The van der Waals surface area contributed by atoms with Crippen LogP contribution < -0.4 is 22.1 Å². The van der Waals surface area contributed by atoms with Crippen LogP contribution in [0.25, 0.3) is 0 Å². The monoisotopic (exact) mass is 320 g/mol. The predicted octanol–water partition coefficient (Wildman–Crippen LogP) is -1.55. The van der Waals surface area contributed by atoms with Crippen molar-refractivity contribution in [3.63, 3.8) is 0 Å². The molecule has 3 atom stereocenters. The van der Waals surface area contributed by atoms with E-state index >= 15 is 0 Å². The lowest BCUT2D eigenvalue weighted by Crippen LogP contribution is -2.54. The van der Waals surface area contributed by atoms with Crippen molar-refractivity contribution in [3.8, 4) is 0 Å². The van der Waals surface area contributed by atoms with Crippen molar-refractivity contribution >= 4 is 30.4 Å². The topological polar surface area (TPSA) is 148 Å². The lowest BCUT2D eigenvalue weighted by atomic mass is 10.1. The van der Waals surface area contributed by atoms with E-state index in [-0.39, 0.29) is 12.2 Å². The summed E-state index contributed by atoms with van der Waals surface area (Å²) in [4.78, 5) is 34.5. The number of carbonyl (C=O) groups is 3. The molecule has 8 nitrogen and oxygen atoms in total. The molecule has 0 aliphatic rings. The average Bonchev–Trinajstić information content (AvgIpc) is 2.42. The first kappa shape index (κ1) is 19.7. The summed E-state index contributed by atoms with van der Waals surface area (Å²) >= 11 is 3.98. The molecule has 7 N–H and O–H groups in total. The van der Waals surface area contributed by atoms with E-state index in [2.05, 4.69) is 23.3 Å². The molecule has 0 spiro atoms. The number of carbonyl (C=O) groups excluding carboxylic acids is 2. The Morgan fingerprint density at radius 3 is 2.14 bits per heavy atom. The molecule has 0 fully saturated rings. The maximum Gasteiger partial charge on any atom is 0.326 e. The quantitative estimate of drug-likeness (QED) is 0.212. The summed E-state index contributed by atoms with van der Waals surface area (Å²) in [6, 6.07) is -2.71. The van der Waals surface area contributed by atoms with Crippen molar-refractivity contribution in [2.45, 2.75) is 44.3 Å². The second-order valence-corrected chi connectivity index (χ2v) is 5.08. The molecule has 3 unspecified atom stereocenters. The molecule has 9 heteroatoms. The van der Waals surface area contributed by atoms with E-state index < -0.39 is 35.9 Å². The zero-order valence-corrected chi connectivity index (χ0v) is 12.9. The van der Waals surface area contributed by atoms with Crippen molar-refractivity contribution in [3.05, 3.63) is 0 Å². The number of amides is 2. The number of hydrogen-bond donors (Lipinski definition) is 6. The Morgan fingerprint density at radius 1 is 1.14 bits per heavy atom. The standard InChI is InChI=1S/C12H24N4O4S/c1-7(14)10(17)16-9(6-21)11(18)15-8(12(19)20)4-2-3-5-13/h7-9,21H,2-6,13-14H2,1H3,(H,15,18)(H,16,17)(H,19,20). The van der Waals surface area contributed by atoms with E-state index in [0.29, 0.717) is 19.4 Å². The van der Waals surface area contributed by atoms with Crippen molar-refractivity contribution in [2.24, 2.45) is 11.5 Å². The molecule has 0 aromatic heterocycles. The molecular weight excluding hydrogens is 296 g/mol. The average molecular weight is 320 g/mol. The van der Waals surface area contributed by atoms with E-state index in [9.17, 15) is 14.4 Å². The van der Waals surface area contributed by atoms with Crippen LogP contribution in [0.3, 0.4) is 0 Å². The van der Waals surface area contributed by atoms with Gasteiger partial charge in [-0.2, -0.15) is 12.6 Å². The van der Waals surface area contributed by atoms with Crippen LogP contribution in [0.5, 0.6) is 0 Å². The molecule has 0 saturated heterocycles. The molecule has 122 valence electrons. The van der Waals surface area contributed by atoms with Crippen LogP contribution in [0.4, 0.5) is 0 Å². The van der Waals surface area contributed by atoms with E-state index in [1.807, 2.05) is 0 Å². The Kier molecular flexibility index (Phi) is 9.76. The number of aliphatic carboxylic acids is 1. The Labute approximate surface area is 129 Å². The number of nitrogens with one attached hydrogen (secondary N) is 2. The summed E-state index contributed by atoms with van der Waals surface area (Å²) in [5, 5.41) is 13.9. The second-order valence-electron chi connectivity index (χ2n) is 4.72. The second kappa shape index (κ2) is 10.4. The van der Waals surface area contributed by atoms with E-state index in [1.54, 1.807) is 0 Å². The molecule has 21 heavy (non-hydrogen) atoms. The molecule has 0 heterocycles. The number of carboxylic acids is 1. The highest BCUT2D eigenvalue weighted by molar-refractivity contribution is 7.80. The zero-order chi connectivity index (χ0) is 16.4. The van der Waals surface area contributed by atoms with Gasteiger partial charge in [0, 0.05) is 5.75 Å². The fraction of sp³-hybridized carbons (Fsp3) is 0.750. The van der Waals surface area contributed by atoms with Gasteiger partial charge in [0.15, 0.2) is 0 Å². The van der Waals surface area contributed by atoms with E-state index in [1.165, 1.54) is 6.92 Å². The number of thiol groups is 1. The van der Waals surface area contributed by atoms with Gasteiger partial charge in [-0.25, -0.2) is 4.79 Å². The van der Waals surface area contributed by atoms with Gasteiger partial charge in [0.2, 0.25) is 11.8 Å². The summed E-state index contributed by atoms with van der Waals surface area (Å²) in [7, 11) is 0. The number of carboxylic acid groups (broad SMARTS) is 1. The number of rotatable bonds is 10. The largest absolute Gasteiger partial charge is 0.480 e. The van der Waals surface area contributed by atoms with Gasteiger partial charge in [-0.05, 0) is 32.7 Å². The van der Waals surface area contributed by atoms with Gasteiger partial charge < -0.3 is 27.2 Å². The highest BCUT2D eigenvalue weighted by Gasteiger charge is 2.25. The van der Waals surface area contributed by atoms with E-state index in [4.69, 9.17) is 16.6 Å². The lowest BCUT2D eigenvalue weighted by molar-refractivity contribution is -0.142. The molecule has 0 bridgehead atoms. The van der Waals surface area contributed by atoms with Gasteiger partial charge in [-0.3, -0.25) is 9.59 Å². The minimum atomic E-state index is -1.13. The first-order valence-corrected chi connectivity index (χ1v) is 7.36. The summed E-state index contributed by atoms with van der Waals surface area (Å²) in [6.07, 6.45) is 1.54. The van der Waals surface area contributed by atoms with Gasteiger partial charge in [0.25, 0.3) is 0 Å². The van der Waals surface area contributed by atoms with Gasteiger partial charge in [0.1, 0.15) is 12.1 Å². The molecule has 2 amide bonds. The fourth-order valence-corrected chi connectivity index (χ4v) is 1.78. The summed E-state index contributed by atoms with van der Waals surface area (Å²) in [6.45, 7) is 1.94. The molecule has 0 rings (SSSR count). The minimum absolute atomic E-state index is 0.0411. The third kappa shape index (κ3) is 7.88. The molecule has 0 aromatic rings. The summed E-state index contributed by atoms with van der Waals surface area (Å²) in [5.74, 6) is -2.19. The zero-order valence-electron chi connectivity index (χ0n) is 12.0. The first-order valence-electron chi connectivity index (χ1n) is 6.73. The van der Waals surface area contributed by atoms with Crippen molar-refractivity contribution < 1.29 is 19.5 Å². The van der Waals surface area contributed by atoms with Crippen molar-refractivity contribution in [1.82, 2.24) is 10.6 Å². The van der Waals surface area contributed by atoms with Crippen LogP contribution in [0.15, 0.2) is 0 Å². The Balaban J connectivity index is 4.55. The van der Waals surface area contributed by atoms with Crippen LogP contribution >= 0.6 is 12.6 Å². The maximum atomic E-state index is 12.0. The molecular formula is C12H24N4O4S. The van der Waals surface area contributed by atoms with Crippen LogP contribution in [-0.2, 0) is 14.4 Å². The first-order chi connectivity index (χ1) is 9.83. The maximum absolute atomic E-state index is 12.0. The van der Waals surface area contributed by atoms with E-state index in [0.717, 1.165) is 0 Å². The number of unbranched alkanes of at least 4 members (excludes halogenated alkanes) is 1. The third-order valence-corrected chi connectivity index (χ3v) is 3.16. The van der Waals surface area contributed by atoms with Crippen molar-refractivity contribution in [1.29, 1.82) is 0 Å². The Morgan fingerprint density at radius 2 is 1.71 bits per heavy atom. The Bertz CT molecular complexity index is 365. The highest BCUT2D eigenvalue weighted by Crippen LogP contribution is 2.02. The Hall–Kier alpha value is -1.32. The van der Waals surface area contributed by atoms with Crippen LogP contribution in [0, 0.1) is 0 Å². The molecule has 0 aliphatic carbocycles. The predicted molar refractivity (Wildman–Crippen MR) is 81.9 cm³/mol. The highest BCUT2D eigenvalue weighted by atomic mass is 32.1. The fourth-order valence-electron chi connectivity index (χ4n) is 1.52. The van der Waals surface area contributed by atoms with Gasteiger partial charge in [0.05, 0.1) is 6.04 Å². The normalized spacial score (nSPS) is 14.9. The van der Waals surface area contributed by atoms with Crippen LogP contribution in [0.1, 0.15) is 26.2 Å². The van der Waals surface area contributed by atoms with Crippen LogP contribution in [-0.4, -0.2) is 53.3 Å². The van der Waals surface area contributed by atoms with Gasteiger partial charge >= 0.3 is 5.97 Å². The molecule has 0 saturated carbocycles. The number of hydrogen-bond acceptors (Lipinski definition) is 6. The molecule has 0 aliphatic heterocycles. The summed E-state index contributed by atoms with van der Waals surface area (Å²) < 4.78 is 0. The van der Waals surface area contributed by atoms with Crippen LogP contribution in [0.2, 0.25) is 0 Å². The molecule has 0 aromatic carbocycles. The third-order valence-electron chi connectivity index (χ3n) is 2.79. The SMILES string of the molecule is CC(N)C(=O)NC(CS)C(=O)NC(CCCCN)C(=O)O. The number of nitrogens with two attached hydrogens (primary N) is 2. The smallest absolute Gasteiger partial charge is 0.326 e. The molecule has 0 radical (unpaired) electrons. The van der Waals surface area contributed by atoms with Crippen molar-refractivity contribution in [2.75, 3.05) is 12.3 Å². The minimum Gasteiger partial charge on any atom is -0.480 e.